The summed E-state index contributed by atoms with van der Waals surface area (Å²) in [4.78, 5) is 0. The van der Waals surface area contributed by atoms with Crippen LogP contribution in [-0.2, 0) is 5.41 Å². The van der Waals surface area contributed by atoms with E-state index >= 15 is 0 Å². The lowest BCUT2D eigenvalue weighted by atomic mass is 9.32. The third-order valence-corrected chi connectivity index (χ3v) is 11.8. The minimum absolute atomic E-state index is 0.444. The number of hydrogen-bond acceptors (Lipinski definition) is 0. The lowest BCUT2D eigenvalue weighted by Crippen LogP contribution is -2.63. The third-order valence-electron chi connectivity index (χ3n) is 11.8. The minimum Gasteiger partial charge on any atom is -0.0622 e. The van der Waals surface area contributed by atoms with Gasteiger partial charge in [0.05, 0.1) is 0 Å². The molecule has 0 N–H and O–H groups in total. The zero-order chi connectivity index (χ0) is 21.0. The molecule has 0 amide bonds. The predicted octanol–water partition coefficient (Wildman–Crippen LogP) is 8.41. The van der Waals surface area contributed by atoms with E-state index in [2.05, 4.69) is 54.6 Å². The zero-order valence-electron chi connectivity index (χ0n) is 19.6. The molecule has 0 aromatic heterocycles. The highest BCUT2D eigenvalue weighted by Gasteiger charge is 2.67. The molecule has 0 aliphatic heterocycles. The first kappa shape index (κ1) is 18.8. The summed E-state index contributed by atoms with van der Waals surface area (Å²) < 4.78 is 0. The van der Waals surface area contributed by atoms with Crippen LogP contribution in [0, 0.1) is 40.4 Å². The van der Waals surface area contributed by atoms with Crippen molar-refractivity contribution in [2.24, 2.45) is 40.4 Å². The van der Waals surface area contributed by atoms with Gasteiger partial charge in [0.15, 0.2) is 0 Å². The molecule has 0 heteroatoms. The van der Waals surface area contributed by atoms with Crippen LogP contribution >= 0.6 is 0 Å². The van der Waals surface area contributed by atoms with Crippen molar-refractivity contribution in [1.82, 2.24) is 0 Å². The molecule has 166 valence electrons. The van der Waals surface area contributed by atoms with Crippen LogP contribution in [0.25, 0.3) is 11.1 Å². The average molecular weight is 423 g/mol. The first-order chi connectivity index (χ1) is 15.6. The Morgan fingerprint density at radius 3 is 1.69 bits per heavy atom. The van der Waals surface area contributed by atoms with Crippen molar-refractivity contribution in [1.29, 1.82) is 0 Å². The predicted molar refractivity (Wildman–Crippen MR) is 131 cm³/mol. The van der Waals surface area contributed by atoms with Crippen LogP contribution < -0.4 is 0 Å². The molecule has 2 aromatic rings. The molecule has 0 saturated heterocycles. The van der Waals surface area contributed by atoms with Crippen molar-refractivity contribution >= 4 is 0 Å². The van der Waals surface area contributed by atoms with Crippen LogP contribution in [-0.4, -0.2) is 0 Å². The summed E-state index contributed by atoms with van der Waals surface area (Å²) in [5.74, 6) is 5.24. The Bertz CT molecular complexity index is 995. The van der Waals surface area contributed by atoms with Crippen molar-refractivity contribution in [2.45, 2.75) is 82.5 Å². The third kappa shape index (κ3) is 2.45. The summed E-state index contributed by atoms with van der Waals surface area (Å²) in [6.07, 6.45) is 18.8. The van der Waals surface area contributed by atoms with Crippen LogP contribution in [0.5, 0.6) is 0 Å². The zero-order valence-corrected chi connectivity index (χ0v) is 19.6. The Hall–Kier alpha value is -1.56. The first-order valence-corrected chi connectivity index (χ1v) is 13.8. The van der Waals surface area contributed by atoms with Gasteiger partial charge >= 0.3 is 0 Å². The van der Waals surface area contributed by atoms with E-state index in [0.29, 0.717) is 16.2 Å². The Morgan fingerprint density at radius 2 is 1.03 bits per heavy atom. The fourth-order valence-electron chi connectivity index (χ4n) is 11.8. The Kier molecular flexibility index (Phi) is 3.71. The smallest absolute Gasteiger partial charge is 0.00301 e. The van der Waals surface area contributed by atoms with Crippen LogP contribution in [0.4, 0.5) is 0 Å². The van der Waals surface area contributed by atoms with E-state index in [0.717, 1.165) is 29.6 Å². The van der Waals surface area contributed by atoms with Crippen LogP contribution in [0.3, 0.4) is 0 Å². The topological polar surface area (TPSA) is 0 Å². The van der Waals surface area contributed by atoms with Gasteiger partial charge in [0.2, 0.25) is 0 Å². The molecular weight excluding hydrogens is 384 g/mol. The number of hydrogen-bond donors (Lipinski definition) is 0. The maximum atomic E-state index is 2.54. The normalized spacial score (nSPS) is 47.8. The van der Waals surface area contributed by atoms with Crippen molar-refractivity contribution in [3.05, 3.63) is 60.2 Å². The van der Waals surface area contributed by atoms with Crippen molar-refractivity contribution in [3.8, 4) is 11.1 Å². The van der Waals surface area contributed by atoms with E-state index in [9.17, 15) is 0 Å². The first-order valence-electron chi connectivity index (χ1n) is 13.8. The van der Waals surface area contributed by atoms with E-state index in [1.54, 1.807) is 63.4 Å². The molecule has 2 unspecified atom stereocenters. The van der Waals surface area contributed by atoms with Crippen molar-refractivity contribution in [2.75, 3.05) is 0 Å². The minimum atomic E-state index is 0.444. The number of benzene rings is 2. The highest BCUT2D eigenvalue weighted by atomic mass is 14.7. The van der Waals surface area contributed by atoms with Gasteiger partial charge in [-0.25, -0.2) is 0 Å². The van der Waals surface area contributed by atoms with E-state index in [-0.39, 0.29) is 0 Å². The van der Waals surface area contributed by atoms with Crippen LogP contribution in [0.15, 0.2) is 54.6 Å². The van der Waals surface area contributed by atoms with E-state index in [4.69, 9.17) is 0 Å². The summed E-state index contributed by atoms with van der Waals surface area (Å²) in [7, 11) is 0. The molecule has 10 rings (SSSR count). The molecule has 2 atom stereocenters. The molecule has 32 heavy (non-hydrogen) atoms. The van der Waals surface area contributed by atoms with Gasteiger partial charge < -0.3 is 0 Å². The van der Waals surface area contributed by atoms with E-state index < -0.39 is 0 Å². The maximum Gasteiger partial charge on any atom is -0.00301 e. The molecule has 8 bridgehead atoms. The Labute approximate surface area is 194 Å². The maximum absolute atomic E-state index is 2.54. The molecule has 8 fully saturated rings. The van der Waals surface area contributed by atoms with Gasteiger partial charge in [0.25, 0.3) is 0 Å². The van der Waals surface area contributed by atoms with Gasteiger partial charge in [-0.2, -0.15) is 0 Å². The largest absolute Gasteiger partial charge is 0.0622 e. The van der Waals surface area contributed by atoms with Gasteiger partial charge in [0, 0.05) is 0 Å². The molecule has 0 nitrogen and oxygen atoms in total. The summed E-state index contributed by atoms with van der Waals surface area (Å²) in [5.41, 5.74) is 6.51. The van der Waals surface area contributed by atoms with Crippen molar-refractivity contribution in [3.63, 3.8) is 0 Å². The summed E-state index contributed by atoms with van der Waals surface area (Å²) >= 11 is 0. The van der Waals surface area contributed by atoms with Gasteiger partial charge in [-0.15, -0.1) is 0 Å². The summed E-state index contributed by atoms with van der Waals surface area (Å²) in [5, 5.41) is 0. The second-order valence-electron chi connectivity index (χ2n) is 13.6. The summed E-state index contributed by atoms with van der Waals surface area (Å²) in [6, 6.07) is 20.9. The lowest BCUT2D eigenvalue weighted by Gasteiger charge is -2.72. The molecular formula is C32H38. The number of rotatable bonds is 3. The fourth-order valence-corrected chi connectivity index (χ4v) is 11.8. The monoisotopic (exact) mass is 422 g/mol. The van der Waals surface area contributed by atoms with E-state index in [1.807, 2.05) is 0 Å². The Balaban J connectivity index is 1.26. The molecule has 0 spiro atoms. The van der Waals surface area contributed by atoms with Crippen molar-refractivity contribution < 1.29 is 0 Å². The molecule has 8 aliphatic carbocycles. The van der Waals surface area contributed by atoms with Crippen LogP contribution in [0.1, 0.15) is 82.6 Å². The van der Waals surface area contributed by atoms with Gasteiger partial charge in [-0.05, 0) is 140 Å². The molecule has 8 saturated carbocycles. The summed E-state index contributed by atoms with van der Waals surface area (Å²) in [6.45, 7) is 0. The highest BCUT2D eigenvalue weighted by molar-refractivity contribution is 5.69. The average Bonchev–Trinajstić information content (AvgIpc) is 2.78. The molecule has 0 radical (unpaired) electrons. The lowest BCUT2D eigenvalue weighted by molar-refractivity contribution is -0.205. The van der Waals surface area contributed by atoms with Gasteiger partial charge in [-0.1, -0.05) is 54.6 Å². The molecule has 0 heterocycles. The van der Waals surface area contributed by atoms with Crippen LogP contribution in [0.2, 0.25) is 0 Å². The second-order valence-corrected chi connectivity index (χ2v) is 13.6. The van der Waals surface area contributed by atoms with Gasteiger partial charge in [0.1, 0.15) is 0 Å². The fraction of sp³-hybridized carbons (Fsp3) is 0.625. The highest BCUT2D eigenvalue weighted by Crippen LogP contribution is 2.77. The van der Waals surface area contributed by atoms with Gasteiger partial charge in [-0.3, -0.25) is 0 Å². The standard InChI is InChI=1S/C32H38/c1-2-6-27(7-3-1)28-8-4-5-9-29(28)30-14-25-13-26(15-30)20-32(19-25,21-30)31-16-22-10-23(17-31)12-24(11-22)18-31/h1-9,22-26H,10-21H2. The molecule has 8 aliphatic rings. The van der Waals surface area contributed by atoms with E-state index in [1.165, 1.54) is 30.4 Å². The quantitative estimate of drug-likeness (QED) is 0.466. The molecule has 2 aromatic carbocycles. The Morgan fingerprint density at radius 1 is 0.500 bits per heavy atom. The second kappa shape index (κ2) is 6.31. The SMILES string of the molecule is c1ccc(-c2ccccc2C23CC4CC(C2)CC(C25CC6CC(CC(C6)C2)C5)(C4)C3)cc1.